The van der Waals surface area contributed by atoms with Crippen LogP contribution in [0.15, 0.2) is 18.2 Å². The van der Waals surface area contributed by atoms with E-state index in [0.29, 0.717) is 16.9 Å². The molecule has 0 heterocycles. The third-order valence-electron chi connectivity index (χ3n) is 4.72. The molecule has 21 heavy (non-hydrogen) atoms. The first-order valence-electron chi connectivity index (χ1n) is 8.10. The molecule has 1 aromatic carbocycles. The van der Waals surface area contributed by atoms with Crippen molar-refractivity contribution in [3.05, 3.63) is 28.8 Å². The van der Waals surface area contributed by atoms with Crippen LogP contribution in [-0.2, 0) is 0 Å². The molecule has 1 fully saturated rings. The zero-order valence-corrected chi connectivity index (χ0v) is 14.4. The Morgan fingerprint density at radius 3 is 2.52 bits per heavy atom. The number of benzene rings is 1. The van der Waals surface area contributed by atoms with Gasteiger partial charge in [-0.15, -0.1) is 0 Å². The van der Waals surface area contributed by atoms with Gasteiger partial charge in [-0.1, -0.05) is 44.9 Å². The van der Waals surface area contributed by atoms with Crippen molar-refractivity contribution >= 4 is 11.6 Å². The Morgan fingerprint density at radius 2 is 1.95 bits per heavy atom. The molecule has 4 unspecified atom stereocenters. The van der Waals surface area contributed by atoms with Crippen LogP contribution in [0.2, 0.25) is 5.02 Å². The van der Waals surface area contributed by atoms with Gasteiger partial charge in [0.05, 0.1) is 5.02 Å². The fraction of sp³-hybridized carbons (Fsp3) is 0.667. The molecule has 118 valence electrons. The van der Waals surface area contributed by atoms with E-state index in [4.69, 9.17) is 22.1 Å². The Morgan fingerprint density at radius 1 is 1.24 bits per heavy atom. The van der Waals surface area contributed by atoms with Crippen molar-refractivity contribution < 1.29 is 4.74 Å². The predicted octanol–water partition coefficient (Wildman–Crippen LogP) is 5.20. The summed E-state index contributed by atoms with van der Waals surface area (Å²) in [6, 6.07) is 5.91. The van der Waals surface area contributed by atoms with E-state index in [1.165, 1.54) is 12.8 Å². The normalized spacial score (nSPS) is 27.7. The van der Waals surface area contributed by atoms with Gasteiger partial charge in [0.25, 0.3) is 0 Å². The van der Waals surface area contributed by atoms with Crippen LogP contribution in [0.1, 0.15) is 58.6 Å². The summed E-state index contributed by atoms with van der Waals surface area (Å²) in [5.41, 5.74) is 6.94. The first-order chi connectivity index (χ1) is 9.88. The fourth-order valence-corrected chi connectivity index (χ4v) is 3.54. The number of hydrogen-bond donors (Lipinski definition) is 1. The van der Waals surface area contributed by atoms with Gasteiger partial charge < -0.3 is 10.5 Å². The zero-order chi connectivity index (χ0) is 15.6. The van der Waals surface area contributed by atoms with E-state index in [0.717, 1.165) is 23.7 Å². The van der Waals surface area contributed by atoms with Gasteiger partial charge in [0.15, 0.2) is 0 Å². The van der Waals surface area contributed by atoms with E-state index >= 15 is 0 Å². The summed E-state index contributed by atoms with van der Waals surface area (Å²) in [6.07, 6.45) is 3.94. The van der Waals surface area contributed by atoms with E-state index < -0.39 is 0 Å². The minimum atomic E-state index is -0.00494. The van der Waals surface area contributed by atoms with Gasteiger partial charge in [-0.05, 0) is 55.2 Å². The number of hydrogen-bond acceptors (Lipinski definition) is 2. The monoisotopic (exact) mass is 309 g/mol. The van der Waals surface area contributed by atoms with Crippen molar-refractivity contribution in [2.45, 2.75) is 59.1 Å². The topological polar surface area (TPSA) is 35.2 Å². The largest absolute Gasteiger partial charge is 0.489 e. The molecule has 2 nitrogen and oxygen atoms in total. The molecule has 0 radical (unpaired) electrons. The van der Waals surface area contributed by atoms with Crippen molar-refractivity contribution in [1.29, 1.82) is 0 Å². The third-order valence-corrected chi connectivity index (χ3v) is 5.02. The smallest absolute Gasteiger partial charge is 0.138 e. The van der Waals surface area contributed by atoms with Gasteiger partial charge in [-0.2, -0.15) is 0 Å². The van der Waals surface area contributed by atoms with Crippen molar-refractivity contribution in [3.63, 3.8) is 0 Å². The molecule has 2 rings (SSSR count). The minimum absolute atomic E-state index is 0.00494. The average Bonchev–Trinajstić information content (AvgIpc) is 2.40. The maximum Gasteiger partial charge on any atom is 0.138 e. The van der Waals surface area contributed by atoms with E-state index in [9.17, 15) is 0 Å². The number of ether oxygens (including phenoxy) is 1. The molecule has 1 aliphatic rings. The first-order valence-corrected chi connectivity index (χ1v) is 8.48. The van der Waals surface area contributed by atoms with E-state index in [1.54, 1.807) is 0 Å². The second-order valence-electron chi connectivity index (χ2n) is 6.96. The second-order valence-corrected chi connectivity index (χ2v) is 7.37. The van der Waals surface area contributed by atoms with Crippen molar-refractivity contribution in [2.75, 3.05) is 0 Å². The first kappa shape index (κ1) is 16.6. The maximum absolute atomic E-state index is 6.38. The van der Waals surface area contributed by atoms with Crippen LogP contribution in [0.25, 0.3) is 0 Å². The third kappa shape index (κ3) is 4.14. The van der Waals surface area contributed by atoms with Crippen molar-refractivity contribution in [1.82, 2.24) is 0 Å². The Bertz CT molecular complexity index is 472. The average molecular weight is 310 g/mol. The van der Waals surface area contributed by atoms with Crippen LogP contribution >= 0.6 is 11.6 Å². The molecule has 4 atom stereocenters. The molecule has 0 amide bonds. The zero-order valence-electron chi connectivity index (χ0n) is 13.6. The Kier molecular flexibility index (Phi) is 5.56. The highest BCUT2D eigenvalue weighted by Crippen LogP contribution is 2.38. The number of halogens is 1. The van der Waals surface area contributed by atoms with Gasteiger partial charge in [-0.25, -0.2) is 0 Å². The van der Waals surface area contributed by atoms with Crippen molar-refractivity contribution in [3.8, 4) is 5.75 Å². The summed E-state index contributed by atoms with van der Waals surface area (Å²) in [5, 5.41) is 0.672. The Balaban J connectivity index is 2.15. The summed E-state index contributed by atoms with van der Waals surface area (Å²) in [5.74, 6) is 2.79. The van der Waals surface area contributed by atoms with Crippen molar-refractivity contribution in [2.24, 2.45) is 23.5 Å². The predicted molar refractivity (Wildman–Crippen MR) is 89.8 cm³/mol. The molecule has 3 heteroatoms. The van der Waals surface area contributed by atoms with Gasteiger partial charge in [0.1, 0.15) is 11.9 Å². The highest BCUT2D eigenvalue weighted by atomic mass is 35.5. The van der Waals surface area contributed by atoms with Gasteiger partial charge in [0.2, 0.25) is 0 Å². The Hall–Kier alpha value is -0.730. The summed E-state index contributed by atoms with van der Waals surface area (Å²) in [4.78, 5) is 0. The van der Waals surface area contributed by atoms with Gasteiger partial charge in [0, 0.05) is 6.04 Å². The molecule has 0 saturated heterocycles. The van der Waals surface area contributed by atoms with E-state index in [2.05, 4.69) is 20.8 Å². The quantitative estimate of drug-likeness (QED) is 0.829. The highest BCUT2D eigenvalue weighted by molar-refractivity contribution is 6.32. The molecule has 0 aliphatic heterocycles. The summed E-state index contributed by atoms with van der Waals surface area (Å²) in [7, 11) is 0. The summed E-state index contributed by atoms with van der Waals surface area (Å²) >= 11 is 6.38. The van der Waals surface area contributed by atoms with Gasteiger partial charge in [-0.3, -0.25) is 0 Å². The van der Waals surface area contributed by atoms with Gasteiger partial charge >= 0.3 is 0 Å². The lowest BCUT2D eigenvalue weighted by Gasteiger charge is -2.37. The lowest BCUT2D eigenvalue weighted by Crippen LogP contribution is -2.36. The molecule has 1 aliphatic carbocycles. The van der Waals surface area contributed by atoms with Crippen LogP contribution in [0.4, 0.5) is 0 Å². The standard InChI is InChI=1S/C18H28ClNO/c1-11(2)15-7-5-12(3)9-18(15)21-17-8-6-14(13(4)20)10-16(17)19/h6,8,10-13,15,18H,5,7,9,20H2,1-4H3. The van der Waals surface area contributed by atoms with E-state index in [-0.39, 0.29) is 12.1 Å². The lowest BCUT2D eigenvalue weighted by atomic mass is 9.75. The second kappa shape index (κ2) is 7.02. The fourth-order valence-electron chi connectivity index (χ4n) is 3.31. The van der Waals surface area contributed by atoms with Crippen LogP contribution < -0.4 is 10.5 Å². The van der Waals surface area contributed by atoms with Crippen LogP contribution in [0.3, 0.4) is 0 Å². The maximum atomic E-state index is 6.38. The summed E-state index contributed by atoms with van der Waals surface area (Å²) < 4.78 is 6.29. The number of rotatable bonds is 4. The minimum Gasteiger partial charge on any atom is -0.489 e. The summed E-state index contributed by atoms with van der Waals surface area (Å²) in [6.45, 7) is 8.85. The molecule has 1 saturated carbocycles. The van der Waals surface area contributed by atoms with Crippen LogP contribution in [0, 0.1) is 17.8 Å². The van der Waals surface area contributed by atoms with Crippen LogP contribution in [-0.4, -0.2) is 6.10 Å². The highest BCUT2D eigenvalue weighted by Gasteiger charge is 2.32. The molecular weight excluding hydrogens is 282 g/mol. The molecular formula is C18H28ClNO. The molecule has 0 bridgehead atoms. The number of nitrogens with two attached hydrogens (primary N) is 1. The SMILES string of the molecule is CC1CCC(C(C)C)C(Oc2ccc(C(C)N)cc2Cl)C1. The molecule has 2 N–H and O–H groups in total. The van der Waals surface area contributed by atoms with Crippen LogP contribution in [0.5, 0.6) is 5.75 Å². The molecule has 1 aromatic rings. The Labute approximate surface area is 134 Å². The molecule has 0 aromatic heterocycles. The molecule has 0 spiro atoms. The van der Waals surface area contributed by atoms with E-state index in [1.807, 2.05) is 25.1 Å². The lowest BCUT2D eigenvalue weighted by molar-refractivity contribution is 0.0461.